The van der Waals surface area contributed by atoms with Crippen molar-refractivity contribution in [1.29, 1.82) is 0 Å². The molecule has 0 aliphatic carbocycles. The second kappa shape index (κ2) is 5.82. The summed E-state index contributed by atoms with van der Waals surface area (Å²) in [6.07, 6.45) is 0. The Morgan fingerprint density at radius 1 is 1.00 bits per heavy atom. The predicted octanol–water partition coefficient (Wildman–Crippen LogP) is 3.88. The van der Waals surface area contributed by atoms with Crippen LogP contribution in [0.3, 0.4) is 0 Å². The Hall–Kier alpha value is -1.23. The molecule has 0 aromatic heterocycles. The number of sulfonamides is 1. The molecule has 0 aliphatic rings. The Morgan fingerprint density at radius 2 is 1.63 bits per heavy atom. The van der Waals surface area contributed by atoms with Gasteiger partial charge in [-0.2, -0.15) is 0 Å². The topological polar surface area (TPSA) is 46.2 Å². The first kappa shape index (κ1) is 14.2. The molecule has 6 heteroatoms. The minimum Gasteiger partial charge on any atom is -0.279 e. The van der Waals surface area contributed by atoms with Crippen molar-refractivity contribution in [1.82, 2.24) is 0 Å². The van der Waals surface area contributed by atoms with Crippen molar-refractivity contribution in [3.63, 3.8) is 0 Å². The van der Waals surface area contributed by atoms with Crippen LogP contribution in [0.5, 0.6) is 0 Å². The maximum atomic E-state index is 12.3. The summed E-state index contributed by atoms with van der Waals surface area (Å²) in [6, 6.07) is 13.2. The molecule has 0 aliphatic heterocycles. The number of hydrogen-bond acceptors (Lipinski definition) is 2. The number of halogens is 2. The van der Waals surface area contributed by atoms with Gasteiger partial charge in [-0.1, -0.05) is 41.9 Å². The Balaban J connectivity index is 2.40. The molecular weight excluding hydrogens is 305 g/mol. The lowest BCUT2D eigenvalue weighted by atomic mass is 10.2. The molecule has 19 heavy (non-hydrogen) atoms. The Labute approximate surface area is 122 Å². The van der Waals surface area contributed by atoms with Gasteiger partial charge in [0.15, 0.2) is 0 Å². The maximum absolute atomic E-state index is 12.3. The monoisotopic (exact) mass is 315 g/mol. The molecule has 0 heterocycles. The van der Waals surface area contributed by atoms with Crippen LogP contribution < -0.4 is 4.72 Å². The quantitative estimate of drug-likeness (QED) is 0.870. The smallest absolute Gasteiger partial charge is 0.263 e. The van der Waals surface area contributed by atoms with Crippen molar-refractivity contribution in [2.24, 2.45) is 0 Å². The van der Waals surface area contributed by atoms with Crippen molar-refractivity contribution < 1.29 is 8.42 Å². The van der Waals surface area contributed by atoms with Crippen LogP contribution in [-0.4, -0.2) is 8.42 Å². The van der Waals surface area contributed by atoms with Crippen LogP contribution in [0.4, 0.5) is 5.69 Å². The summed E-state index contributed by atoms with van der Waals surface area (Å²) in [5.74, 6) is 0.223. The SMILES string of the molecule is O=S(=O)(Nc1ccccc1CCl)c1ccccc1Cl. The van der Waals surface area contributed by atoms with Gasteiger partial charge in [0.05, 0.1) is 10.7 Å². The summed E-state index contributed by atoms with van der Waals surface area (Å²) < 4.78 is 27.0. The van der Waals surface area contributed by atoms with Gasteiger partial charge in [-0.05, 0) is 23.8 Å². The second-order valence-corrected chi connectivity index (χ2v) is 6.15. The van der Waals surface area contributed by atoms with Gasteiger partial charge >= 0.3 is 0 Å². The highest BCUT2D eigenvalue weighted by Gasteiger charge is 2.18. The van der Waals surface area contributed by atoms with Crippen LogP contribution in [0.1, 0.15) is 5.56 Å². The van der Waals surface area contributed by atoms with E-state index in [0.29, 0.717) is 11.3 Å². The molecule has 2 rings (SSSR count). The van der Waals surface area contributed by atoms with Crippen molar-refractivity contribution >= 4 is 38.9 Å². The number of alkyl halides is 1. The highest BCUT2D eigenvalue weighted by Crippen LogP contribution is 2.25. The van der Waals surface area contributed by atoms with E-state index in [1.54, 1.807) is 36.4 Å². The lowest BCUT2D eigenvalue weighted by Crippen LogP contribution is -2.14. The van der Waals surface area contributed by atoms with E-state index in [1.807, 2.05) is 0 Å². The highest BCUT2D eigenvalue weighted by atomic mass is 35.5. The predicted molar refractivity (Wildman–Crippen MR) is 78.3 cm³/mol. The molecular formula is C13H11Cl2NO2S. The molecule has 3 nitrogen and oxygen atoms in total. The van der Waals surface area contributed by atoms with Crippen LogP contribution in [0.15, 0.2) is 53.4 Å². The molecule has 2 aromatic carbocycles. The molecule has 1 N–H and O–H groups in total. The fourth-order valence-corrected chi connectivity index (χ4v) is 3.45. The molecule has 0 saturated heterocycles. The zero-order valence-electron chi connectivity index (χ0n) is 9.81. The molecule has 100 valence electrons. The summed E-state index contributed by atoms with van der Waals surface area (Å²) >= 11 is 11.7. The summed E-state index contributed by atoms with van der Waals surface area (Å²) in [5, 5.41) is 0.179. The standard InChI is InChI=1S/C13H11Cl2NO2S/c14-9-10-5-1-3-7-12(10)16-19(17,18)13-8-4-2-6-11(13)15/h1-8,16H,9H2. The molecule has 0 amide bonds. The first-order valence-electron chi connectivity index (χ1n) is 5.46. The fourth-order valence-electron chi connectivity index (χ4n) is 1.60. The van der Waals surface area contributed by atoms with Crippen molar-refractivity contribution in [2.45, 2.75) is 10.8 Å². The molecule has 0 saturated carbocycles. The third kappa shape index (κ3) is 3.21. The molecule has 0 spiro atoms. The summed E-state index contributed by atoms with van der Waals surface area (Å²) in [5.41, 5.74) is 1.16. The lowest BCUT2D eigenvalue weighted by Gasteiger charge is -2.11. The minimum absolute atomic E-state index is 0.0426. The van der Waals surface area contributed by atoms with Gasteiger partial charge in [0.1, 0.15) is 4.90 Å². The van der Waals surface area contributed by atoms with Gasteiger partial charge < -0.3 is 0 Å². The van der Waals surface area contributed by atoms with Crippen LogP contribution in [0.2, 0.25) is 5.02 Å². The number of rotatable bonds is 4. The minimum atomic E-state index is -3.72. The molecule has 2 aromatic rings. The third-order valence-corrected chi connectivity index (χ3v) is 4.69. The largest absolute Gasteiger partial charge is 0.279 e. The average molecular weight is 316 g/mol. The van der Waals surface area contributed by atoms with Gasteiger partial charge in [0.2, 0.25) is 0 Å². The first-order valence-corrected chi connectivity index (χ1v) is 7.85. The highest BCUT2D eigenvalue weighted by molar-refractivity contribution is 7.92. The summed E-state index contributed by atoms with van der Waals surface area (Å²) in [6.45, 7) is 0. The zero-order chi connectivity index (χ0) is 13.9. The maximum Gasteiger partial charge on any atom is 0.263 e. The molecule has 0 atom stereocenters. The molecule has 0 bridgehead atoms. The molecule has 0 radical (unpaired) electrons. The van der Waals surface area contributed by atoms with E-state index in [2.05, 4.69) is 4.72 Å². The van der Waals surface area contributed by atoms with Crippen LogP contribution in [0, 0.1) is 0 Å². The van der Waals surface area contributed by atoms with E-state index >= 15 is 0 Å². The normalized spacial score (nSPS) is 11.3. The molecule has 0 fully saturated rings. The van der Waals surface area contributed by atoms with E-state index < -0.39 is 10.0 Å². The fraction of sp³-hybridized carbons (Fsp3) is 0.0769. The number of nitrogens with one attached hydrogen (secondary N) is 1. The van der Waals surface area contributed by atoms with Crippen molar-refractivity contribution in [2.75, 3.05) is 4.72 Å². The van der Waals surface area contributed by atoms with Gasteiger partial charge in [-0.3, -0.25) is 4.72 Å². The Kier molecular flexibility index (Phi) is 4.34. The van der Waals surface area contributed by atoms with Crippen LogP contribution in [-0.2, 0) is 15.9 Å². The second-order valence-electron chi connectivity index (χ2n) is 3.83. The zero-order valence-corrected chi connectivity index (χ0v) is 12.1. The van der Waals surface area contributed by atoms with Crippen molar-refractivity contribution in [3.8, 4) is 0 Å². The van der Waals surface area contributed by atoms with E-state index in [9.17, 15) is 8.42 Å². The number of para-hydroxylation sites is 1. The van der Waals surface area contributed by atoms with Gasteiger partial charge in [0.25, 0.3) is 10.0 Å². The van der Waals surface area contributed by atoms with E-state index in [4.69, 9.17) is 23.2 Å². The van der Waals surface area contributed by atoms with Crippen LogP contribution in [0.25, 0.3) is 0 Å². The lowest BCUT2D eigenvalue weighted by molar-refractivity contribution is 0.601. The van der Waals surface area contributed by atoms with E-state index in [0.717, 1.165) is 0 Å². The number of anilines is 1. The molecule has 0 unspecified atom stereocenters. The summed E-state index contributed by atoms with van der Waals surface area (Å²) in [4.78, 5) is 0.0426. The van der Waals surface area contributed by atoms with E-state index in [1.165, 1.54) is 12.1 Å². The average Bonchev–Trinajstić information content (AvgIpc) is 2.39. The van der Waals surface area contributed by atoms with Gasteiger partial charge in [-0.25, -0.2) is 8.42 Å². The Bertz CT molecular complexity index is 687. The van der Waals surface area contributed by atoms with Gasteiger partial charge in [0, 0.05) is 5.88 Å². The summed E-state index contributed by atoms with van der Waals surface area (Å²) in [7, 11) is -3.72. The van der Waals surface area contributed by atoms with E-state index in [-0.39, 0.29) is 15.8 Å². The van der Waals surface area contributed by atoms with Crippen LogP contribution >= 0.6 is 23.2 Å². The number of benzene rings is 2. The first-order chi connectivity index (χ1) is 9.04. The van der Waals surface area contributed by atoms with Crippen molar-refractivity contribution in [3.05, 3.63) is 59.1 Å². The van der Waals surface area contributed by atoms with Gasteiger partial charge in [-0.15, -0.1) is 11.6 Å². The number of hydrogen-bond donors (Lipinski definition) is 1. The third-order valence-electron chi connectivity index (χ3n) is 2.53. The Morgan fingerprint density at radius 3 is 2.32 bits per heavy atom.